The van der Waals surface area contributed by atoms with Crippen LogP contribution in [0.4, 0.5) is 5.82 Å². The van der Waals surface area contributed by atoms with E-state index in [4.69, 9.17) is 9.47 Å². The summed E-state index contributed by atoms with van der Waals surface area (Å²) in [5, 5.41) is 2.84. The van der Waals surface area contributed by atoms with Gasteiger partial charge in [-0.05, 0) is 25.5 Å². The smallest absolute Gasteiger partial charge is 0.249 e. The highest BCUT2D eigenvalue weighted by atomic mass is 16.5. The van der Waals surface area contributed by atoms with Crippen LogP contribution in [0.1, 0.15) is 19.4 Å². The first-order valence-electron chi connectivity index (χ1n) is 7.37. The summed E-state index contributed by atoms with van der Waals surface area (Å²) in [4.78, 5) is 18.4. The van der Waals surface area contributed by atoms with Crippen LogP contribution in [0.5, 0.6) is 0 Å². The Morgan fingerprint density at radius 3 is 2.86 bits per heavy atom. The van der Waals surface area contributed by atoms with Crippen LogP contribution in [-0.2, 0) is 20.8 Å². The van der Waals surface area contributed by atoms with E-state index in [2.05, 4.69) is 15.2 Å². The van der Waals surface area contributed by atoms with Crippen LogP contribution in [0.3, 0.4) is 0 Å². The minimum atomic E-state index is -0.421. The number of hydrogen-bond acceptors (Lipinski definition) is 5. The number of rotatable bonds is 6. The third-order valence-electron chi connectivity index (χ3n) is 3.40. The van der Waals surface area contributed by atoms with E-state index in [1.165, 1.54) is 0 Å². The average molecular weight is 293 g/mol. The van der Waals surface area contributed by atoms with Gasteiger partial charge in [-0.3, -0.25) is 4.79 Å². The SMILES string of the molecule is CCO[C@@H](C)C(=O)NCc1ccc(N2CCOCC2)nc1. The molecule has 1 atom stereocenters. The van der Waals surface area contributed by atoms with Crippen molar-refractivity contribution in [1.29, 1.82) is 0 Å². The van der Waals surface area contributed by atoms with Gasteiger partial charge in [-0.2, -0.15) is 0 Å². The summed E-state index contributed by atoms with van der Waals surface area (Å²) in [5.41, 5.74) is 0.976. The number of hydrogen-bond donors (Lipinski definition) is 1. The first kappa shape index (κ1) is 15.7. The van der Waals surface area contributed by atoms with E-state index in [1.54, 1.807) is 13.1 Å². The summed E-state index contributed by atoms with van der Waals surface area (Å²) in [6.45, 7) is 7.85. The van der Waals surface area contributed by atoms with E-state index < -0.39 is 6.10 Å². The van der Waals surface area contributed by atoms with E-state index in [-0.39, 0.29) is 5.91 Å². The maximum Gasteiger partial charge on any atom is 0.249 e. The first-order chi connectivity index (χ1) is 10.2. The normalized spacial score (nSPS) is 16.6. The van der Waals surface area contributed by atoms with Crippen molar-refractivity contribution in [1.82, 2.24) is 10.3 Å². The van der Waals surface area contributed by atoms with Crippen LogP contribution in [0.25, 0.3) is 0 Å². The molecule has 0 saturated carbocycles. The number of nitrogens with zero attached hydrogens (tertiary/aromatic N) is 2. The fraction of sp³-hybridized carbons (Fsp3) is 0.600. The van der Waals surface area contributed by atoms with Gasteiger partial charge in [0, 0.05) is 32.4 Å². The molecule has 0 unspecified atom stereocenters. The zero-order chi connectivity index (χ0) is 15.1. The van der Waals surface area contributed by atoms with Crippen molar-refractivity contribution in [2.75, 3.05) is 37.8 Å². The minimum Gasteiger partial charge on any atom is -0.378 e. The molecular formula is C15H23N3O3. The lowest BCUT2D eigenvalue weighted by Crippen LogP contribution is -2.36. The molecule has 2 rings (SSSR count). The topological polar surface area (TPSA) is 63.7 Å². The van der Waals surface area contributed by atoms with Gasteiger partial charge in [-0.25, -0.2) is 4.98 Å². The molecule has 0 radical (unpaired) electrons. The van der Waals surface area contributed by atoms with Crippen molar-refractivity contribution in [2.24, 2.45) is 0 Å². The maximum absolute atomic E-state index is 11.7. The molecule has 6 nitrogen and oxygen atoms in total. The third-order valence-corrected chi connectivity index (χ3v) is 3.40. The molecule has 1 aromatic heterocycles. The molecule has 21 heavy (non-hydrogen) atoms. The molecule has 6 heteroatoms. The Hall–Kier alpha value is -1.66. The molecule has 1 aliphatic rings. The molecule has 0 aliphatic carbocycles. The molecule has 0 spiro atoms. The molecule has 1 saturated heterocycles. The molecule has 0 aromatic carbocycles. The van der Waals surface area contributed by atoms with Gasteiger partial charge < -0.3 is 19.7 Å². The monoisotopic (exact) mass is 293 g/mol. The lowest BCUT2D eigenvalue weighted by Gasteiger charge is -2.27. The Morgan fingerprint density at radius 1 is 1.48 bits per heavy atom. The second-order valence-corrected chi connectivity index (χ2v) is 4.94. The molecular weight excluding hydrogens is 270 g/mol. The maximum atomic E-state index is 11.7. The highest BCUT2D eigenvalue weighted by Crippen LogP contribution is 2.12. The van der Waals surface area contributed by atoms with Crippen molar-refractivity contribution >= 4 is 11.7 Å². The van der Waals surface area contributed by atoms with Crippen LogP contribution in [-0.4, -0.2) is 49.9 Å². The highest BCUT2D eigenvalue weighted by molar-refractivity contribution is 5.80. The Kier molecular flexibility index (Phi) is 5.95. The number of aromatic nitrogens is 1. The molecule has 1 amide bonds. The number of nitrogens with one attached hydrogen (secondary N) is 1. The summed E-state index contributed by atoms with van der Waals surface area (Å²) in [5.74, 6) is 0.852. The number of morpholine rings is 1. The summed E-state index contributed by atoms with van der Waals surface area (Å²) in [6, 6.07) is 3.97. The second-order valence-electron chi connectivity index (χ2n) is 4.94. The number of carbonyl (C=O) groups is 1. The predicted molar refractivity (Wildman–Crippen MR) is 80.2 cm³/mol. The third kappa shape index (κ3) is 4.68. The van der Waals surface area contributed by atoms with Gasteiger partial charge in [0.15, 0.2) is 0 Å². The van der Waals surface area contributed by atoms with E-state index in [9.17, 15) is 4.79 Å². The minimum absolute atomic E-state index is 0.103. The molecule has 1 aliphatic heterocycles. The summed E-state index contributed by atoms with van der Waals surface area (Å²) >= 11 is 0. The van der Waals surface area contributed by atoms with Crippen LogP contribution < -0.4 is 10.2 Å². The predicted octanol–water partition coefficient (Wildman–Crippen LogP) is 0.959. The van der Waals surface area contributed by atoms with Gasteiger partial charge in [0.1, 0.15) is 11.9 Å². The zero-order valence-corrected chi connectivity index (χ0v) is 12.7. The Labute approximate surface area is 125 Å². The van der Waals surface area contributed by atoms with E-state index >= 15 is 0 Å². The van der Waals surface area contributed by atoms with Crippen molar-refractivity contribution in [3.8, 4) is 0 Å². The molecule has 1 fully saturated rings. The summed E-state index contributed by atoms with van der Waals surface area (Å²) in [6.07, 6.45) is 1.38. The van der Waals surface area contributed by atoms with Gasteiger partial charge in [0.2, 0.25) is 5.91 Å². The van der Waals surface area contributed by atoms with Crippen LogP contribution in [0.2, 0.25) is 0 Å². The zero-order valence-electron chi connectivity index (χ0n) is 12.7. The number of amides is 1. The second kappa shape index (κ2) is 7.95. The molecule has 1 N–H and O–H groups in total. The summed E-state index contributed by atoms with van der Waals surface area (Å²) in [7, 11) is 0. The lowest BCUT2D eigenvalue weighted by atomic mass is 10.2. The fourth-order valence-electron chi connectivity index (χ4n) is 2.16. The van der Waals surface area contributed by atoms with Crippen molar-refractivity contribution in [3.05, 3.63) is 23.9 Å². The number of ether oxygens (including phenoxy) is 2. The first-order valence-corrected chi connectivity index (χ1v) is 7.37. The van der Waals surface area contributed by atoms with Gasteiger partial charge in [0.25, 0.3) is 0 Å². The number of pyridine rings is 1. The number of carbonyl (C=O) groups excluding carboxylic acids is 1. The fourth-order valence-corrected chi connectivity index (χ4v) is 2.16. The highest BCUT2D eigenvalue weighted by Gasteiger charge is 2.13. The van der Waals surface area contributed by atoms with Crippen molar-refractivity contribution < 1.29 is 14.3 Å². The summed E-state index contributed by atoms with van der Waals surface area (Å²) < 4.78 is 10.6. The van der Waals surface area contributed by atoms with Gasteiger partial charge in [0.05, 0.1) is 13.2 Å². The van der Waals surface area contributed by atoms with Gasteiger partial charge in [-0.15, -0.1) is 0 Å². The standard InChI is InChI=1S/C15H23N3O3/c1-3-21-12(2)15(19)17-11-13-4-5-14(16-10-13)18-6-8-20-9-7-18/h4-5,10,12H,3,6-9,11H2,1-2H3,(H,17,19)/t12-/m0/s1. The van der Waals surface area contributed by atoms with Gasteiger partial charge in [-0.1, -0.05) is 6.07 Å². The average Bonchev–Trinajstić information content (AvgIpc) is 2.54. The van der Waals surface area contributed by atoms with Crippen LogP contribution in [0, 0.1) is 0 Å². The number of anilines is 1. The quantitative estimate of drug-likeness (QED) is 0.846. The van der Waals surface area contributed by atoms with E-state index in [0.717, 1.165) is 37.7 Å². The lowest BCUT2D eigenvalue weighted by molar-refractivity contribution is -0.131. The van der Waals surface area contributed by atoms with Crippen LogP contribution in [0.15, 0.2) is 18.3 Å². The van der Waals surface area contributed by atoms with E-state index in [1.807, 2.05) is 19.1 Å². The largest absolute Gasteiger partial charge is 0.378 e. The van der Waals surface area contributed by atoms with Crippen molar-refractivity contribution in [3.63, 3.8) is 0 Å². The van der Waals surface area contributed by atoms with Crippen molar-refractivity contribution in [2.45, 2.75) is 26.5 Å². The molecule has 2 heterocycles. The van der Waals surface area contributed by atoms with E-state index in [0.29, 0.717) is 13.2 Å². The molecule has 116 valence electrons. The Bertz CT molecular complexity index is 444. The molecule has 0 bridgehead atoms. The Balaban J connectivity index is 1.83. The van der Waals surface area contributed by atoms with Crippen LogP contribution >= 0.6 is 0 Å². The Morgan fingerprint density at radius 2 is 2.24 bits per heavy atom. The van der Waals surface area contributed by atoms with Gasteiger partial charge >= 0.3 is 0 Å². The molecule has 1 aromatic rings.